The van der Waals surface area contributed by atoms with E-state index in [4.69, 9.17) is 9.47 Å². The normalized spacial score (nSPS) is 26.9. The highest BCUT2D eigenvalue weighted by atomic mass is 32.5. The van der Waals surface area contributed by atoms with Gasteiger partial charge in [0.15, 0.2) is 0 Å². The maximum Gasteiger partial charge on any atom is 0.320 e. The number of fused-ring (bicyclic) bond motifs is 1. The van der Waals surface area contributed by atoms with Gasteiger partial charge >= 0.3 is 16.3 Å². The maximum atomic E-state index is 12.7. The molecule has 0 unspecified atom stereocenters. The van der Waals surface area contributed by atoms with Crippen molar-refractivity contribution in [3.05, 3.63) is 29.8 Å². The quantitative estimate of drug-likeness (QED) is 0.685. The monoisotopic (exact) mass is 471 g/mol. The van der Waals surface area contributed by atoms with E-state index in [0.29, 0.717) is 50.3 Å². The summed E-state index contributed by atoms with van der Waals surface area (Å²) in [5.74, 6) is -0.207. The third kappa shape index (κ3) is 5.04. The van der Waals surface area contributed by atoms with Gasteiger partial charge in [-0.3, -0.25) is 4.79 Å². The molecule has 13 heteroatoms. The van der Waals surface area contributed by atoms with Crippen molar-refractivity contribution in [2.75, 3.05) is 32.8 Å². The lowest BCUT2D eigenvalue weighted by atomic mass is 10.0. The van der Waals surface area contributed by atoms with Gasteiger partial charge in [0.25, 0.3) is 0 Å². The number of halogens is 5. The zero-order valence-electron chi connectivity index (χ0n) is 16.3. The molecule has 0 aliphatic carbocycles. The van der Waals surface area contributed by atoms with E-state index in [2.05, 4.69) is 5.32 Å². The number of rotatable bonds is 4. The molecular weight excluding hydrogens is 449 g/mol. The van der Waals surface area contributed by atoms with Crippen molar-refractivity contribution in [2.24, 2.45) is 0 Å². The first-order valence-corrected chi connectivity index (χ1v) is 11.6. The SMILES string of the molecule is O=C1CO[C@H]2CCN(C(=O)N3CC(OCc4ccc(S(F)(F)(F)(F)F)cc4)C3)C[C@H]2N1. The number of carbonyl (C=O) groups is 2. The van der Waals surface area contributed by atoms with E-state index in [1.807, 2.05) is 0 Å². The van der Waals surface area contributed by atoms with Crippen LogP contribution in [-0.2, 0) is 20.9 Å². The lowest BCUT2D eigenvalue weighted by molar-refractivity contribution is -0.140. The number of carbonyl (C=O) groups excluding carboxylic acids is 2. The van der Waals surface area contributed by atoms with E-state index in [0.717, 1.165) is 12.1 Å². The van der Waals surface area contributed by atoms with E-state index in [1.54, 1.807) is 9.80 Å². The summed E-state index contributed by atoms with van der Waals surface area (Å²) in [4.78, 5) is 25.4. The van der Waals surface area contributed by atoms with E-state index in [9.17, 15) is 29.0 Å². The molecule has 0 spiro atoms. The molecule has 0 aromatic heterocycles. The fourth-order valence-electron chi connectivity index (χ4n) is 3.83. The molecule has 4 rings (SSSR count). The summed E-state index contributed by atoms with van der Waals surface area (Å²) in [5.41, 5.74) is 0.325. The van der Waals surface area contributed by atoms with Crippen LogP contribution in [0.3, 0.4) is 0 Å². The Morgan fingerprint density at radius 2 is 1.77 bits per heavy atom. The number of nitrogens with one attached hydrogen (secondary N) is 1. The Balaban J connectivity index is 1.23. The van der Waals surface area contributed by atoms with Crippen molar-refractivity contribution in [3.63, 3.8) is 0 Å². The molecule has 3 aliphatic heterocycles. The predicted molar refractivity (Wildman–Crippen MR) is 101 cm³/mol. The van der Waals surface area contributed by atoms with Crippen LogP contribution in [0.4, 0.5) is 24.2 Å². The fraction of sp³-hybridized carbons (Fsp3) is 0.556. The van der Waals surface area contributed by atoms with Crippen molar-refractivity contribution in [1.82, 2.24) is 15.1 Å². The Kier molecular flexibility index (Phi) is 4.94. The molecular formula is C18H22F5N3O4S. The number of likely N-dealkylation sites (tertiary alicyclic amines) is 2. The smallest absolute Gasteiger partial charge is 0.320 e. The van der Waals surface area contributed by atoms with Crippen LogP contribution in [0.5, 0.6) is 0 Å². The molecule has 1 aromatic carbocycles. The van der Waals surface area contributed by atoms with Crippen molar-refractivity contribution in [1.29, 1.82) is 0 Å². The Morgan fingerprint density at radius 3 is 2.42 bits per heavy atom. The van der Waals surface area contributed by atoms with Crippen LogP contribution < -0.4 is 5.32 Å². The summed E-state index contributed by atoms with van der Waals surface area (Å²) >= 11 is 0. The van der Waals surface area contributed by atoms with Crippen LogP contribution in [-0.4, -0.2) is 72.8 Å². The average Bonchev–Trinajstić information content (AvgIpc) is 2.64. The van der Waals surface area contributed by atoms with Crippen LogP contribution in [0, 0.1) is 0 Å². The molecule has 1 N–H and O–H groups in total. The number of piperidine rings is 1. The minimum absolute atomic E-state index is 0.0307. The number of ether oxygens (including phenoxy) is 2. The topological polar surface area (TPSA) is 71.1 Å². The average molecular weight is 471 g/mol. The van der Waals surface area contributed by atoms with Gasteiger partial charge in [0.2, 0.25) is 5.91 Å². The summed E-state index contributed by atoms with van der Waals surface area (Å²) in [5, 5.41) is 2.83. The summed E-state index contributed by atoms with van der Waals surface area (Å²) in [6.45, 7) is 1.48. The number of amides is 3. The van der Waals surface area contributed by atoms with E-state index in [1.165, 1.54) is 0 Å². The zero-order chi connectivity index (χ0) is 22.5. The molecule has 3 aliphatic rings. The van der Waals surface area contributed by atoms with Crippen molar-refractivity contribution in [3.8, 4) is 0 Å². The first kappa shape index (κ1) is 22.1. The van der Waals surface area contributed by atoms with Crippen molar-refractivity contribution < 1.29 is 38.5 Å². The molecule has 0 bridgehead atoms. The van der Waals surface area contributed by atoms with Gasteiger partial charge < -0.3 is 24.6 Å². The van der Waals surface area contributed by atoms with Crippen LogP contribution in [0.1, 0.15) is 12.0 Å². The largest absolute Gasteiger partial charge is 0.370 e. The van der Waals surface area contributed by atoms with Gasteiger partial charge in [0.1, 0.15) is 11.5 Å². The second kappa shape index (κ2) is 6.94. The number of nitrogens with zero attached hydrogens (tertiary/aromatic N) is 2. The van der Waals surface area contributed by atoms with Crippen LogP contribution in [0.2, 0.25) is 0 Å². The molecule has 7 nitrogen and oxygen atoms in total. The number of benzene rings is 1. The minimum atomic E-state index is -9.68. The molecule has 3 amide bonds. The number of urea groups is 1. The summed E-state index contributed by atoms with van der Waals surface area (Å²) in [6.07, 6.45) is 0.230. The molecule has 3 fully saturated rings. The Bertz CT molecular complexity index is 877. The molecule has 0 radical (unpaired) electrons. The highest BCUT2D eigenvalue weighted by Crippen LogP contribution is 3.02. The molecule has 3 saturated heterocycles. The highest BCUT2D eigenvalue weighted by molar-refractivity contribution is 8.45. The van der Waals surface area contributed by atoms with Gasteiger partial charge in [0, 0.05) is 13.1 Å². The number of hydrogen-bond acceptors (Lipinski definition) is 4. The molecule has 1 aromatic rings. The third-order valence-corrected chi connectivity index (χ3v) is 6.73. The minimum Gasteiger partial charge on any atom is -0.370 e. The second-order valence-corrected chi connectivity index (χ2v) is 10.4. The van der Waals surface area contributed by atoms with Gasteiger partial charge in [-0.2, -0.15) is 0 Å². The van der Waals surface area contributed by atoms with Gasteiger partial charge in [-0.05, 0) is 24.1 Å². The maximum absolute atomic E-state index is 12.7. The van der Waals surface area contributed by atoms with Gasteiger partial charge in [-0.1, -0.05) is 31.6 Å². The summed E-state index contributed by atoms with van der Waals surface area (Å²) < 4.78 is 74.7. The fourth-order valence-corrected chi connectivity index (χ4v) is 4.48. The standard InChI is InChI=1S/C18H22F5N3O4S/c19-31(20,21,22,23)14-3-1-12(2-4-14)10-29-13-7-26(8-13)18(28)25-6-5-16-15(9-25)24-17(27)11-30-16/h1-4,13,15-16H,5-11H2,(H,24,27)/t15-,16+/m1/s1. The van der Waals surface area contributed by atoms with E-state index < -0.39 is 15.1 Å². The van der Waals surface area contributed by atoms with Crippen LogP contribution in [0.15, 0.2) is 29.2 Å². The van der Waals surface area contributed by atoms with Gasteiger partial charge in [-0.25, -0.2) is 4.79 Å². The van der Waals surface area contributed by atoms with Crippen molar-refractivity contribution in [2.45, 2.75) is 36.2 Å². The highest BCUT2D eigenvalue weighted by Gasteiger charge is 2.65. The predicted octanol–water partition coefficient (Wildman–Crippen LogP) is 3.25. The van der Waals surface area contributed by atoms with Crippen LogP contribution in [0.25, 0.3) is 0 Å². The lowest BCUT2D eigenvalue weighted by Gasteiger charge is -2.46. The van der Waals surface area contributed by atoms with Crippen molar-refractivity contribution >= 4 is 22.2 Å². The third-order valence-electron chi connectivity index (χ3n) is 5.57. The second-order valence-electron chi connectivity index (χ2n) is 7.99. The molecule has 2 atom stereocenters. The Labute approximate surface area is 175 Å². The summed E-state index contributed by atoms with van der Waals surface area (Å²) in [6, 6.07) is 2.21. The molecule has 3 heterocycles. The first-order valence-electron chi connectivity index (χ1n) is 9.68. The van der Waals surface area contributed by atoms with Gasteiger partial charge in [0.05, 0.1) is 37.9 Å². The molecule has 0 saturated carbocycles. The molecule has 174 valence electrons. The van der Waals surface area contributed by atoms with E-state index in [-0.39, 0.29) is 43.4 Å². The number of morpholine rings is 1. The number of hydrogen-bond donors (Lipinski definition) is 1. The van der Waals surface area contributed by atoms with E-state index >= 15 is 0 Å². The lowest BCUT2D eigenvalue weighted by Crippen LogP contribution is -2.65. The zero-order valence-corrected chi connectivity index (χ0v) is 17.1. The Hall–Kier alpha value is -2.12. The molecule has 31 heavy (non-hydrogen) atoms. The van der Waals surface area contributed by atoms with Gasteiger partial charge in [-0.15, -0.1) is 0 Å². The first-order chi connectivity index (χ1) is 14.3. The summed E-state index contributed by atoms with van der Waals surface area (Å²) in [7, 11) is -9.68. The Morgan fingerprint density at radius 1 is 1.10 bits per heavy atom. The van der Waals surface area contributed by atoms with Crippen LogP contribution >= 0.6 is 10.2 Å².